The number of rotatable bonds is 2. The molecule has 3 rings (SSSR count). The number of esters is 1. The number of carbonyl (C=O) groups is 2. The van der Waals surface area contributed by atoms with Gasteiger partial charge in [0.2, 0.25) is 5.91 Å². The predicted octanol–water partition coefficient (Wildman–Crippen LogP) is 1.72. The predicted molar refractivity (Wildman–Crippen MR) is 76.0 cm³/mol. The maximum absolute atomic E-state index is 12.8. The van der Waals surface area contributed by atoms with Gasteiger partial charge in [-0.2, -0.15) is 0 Å². The quantitative estimate of drug-likeness (QED) is 0.778. The Morgan fingerprint density at radius 1 is 1.29 bits per heavy atom. The molecule has 0 bridgehead atoms. The van der Waals surface area contributed by atoms with E-state index in [-0.39, 0.29) is 17.8 Å². The molecule has 1 amide bonds. The normalized spacial score (nSPS) is 24.1. The lowest BCUT2D eigenvalue weighted by atomic mass is 9.95. The largest absolute Gasteiger partial charge is 0.492 e. The number of para-hydroxylation sites is 1. The van der Waals surface area contributed by atoms with Gasteiger partial charge >= 0.3 is 5.97 Å². The molecule has 2 aliphatic heterocycles. The molecule has 21 heavy (non-hydrogen) atoms. The van der Waals surface area contributed by atoms with E-state index in [0.29, 0.717) is 19.6 Å². The lowest BCUT2D eigenvalue weighted by Crippen LogP contribution is -2.50. The zero-order valence-electron chi connectivity index (χ0n) is 12.1. The number of piperidine rings is 1. The van der Waals surface area contributed by atoms with Crippen LogP contribution in [0, 0.1) is 0 Å². The van der Waals surface area contributed by atoms with Gasteiger partial charge in [-0.3, -0.25) is 4.79 Å². The van der Waals surface area contributed by atoms with E-state index >= 15 is 0 Å². The first-order chi connectivity index (χ1) is 10.2. The SMILES string of the molecule is COC(=O)C1CCCCN1C(=O)C1COc2ccccc21. The van der Waals surface area contributed by atoms with Gasteiger partial charge in [0.15, 0.2) is 0 Å². The third-order valence-corrected chi connectivity index (χ3v) is 4.26. The molecule has 0 N–H and O–H groups in total. The Hall–Kier alpha value is -2.04. The molecule has 0 aromatic heterocycles. The maximum Gasteiger partial charge on any atom is 0.328 e. The van der Waals surface area contributed by atoms with E-state index < -0.39 is 6.04 Å². The van der Waals surface area contributed by atoms with Crippen molar-refractivity contribution in [1.29, 1.82) is 0 Å². The highest BCUT2D eigenvalue weighted by Gasteiger charge is 2.39. The summed E-state index contributed by atoms with van der Waals surface area (Å²) in [5.41, 5.74) is 0.914. The Balaban J connectivity index is 1.82. The number of methoxy groups -OCH3 is 1. The van der Waals surface area contributed by atoms with Gasteiger partial charge in [-0.15, -0.1) is 0 Å². The van der Waals surface area contributed by atoms with Crippen LogP contribution in [0.3, 0.4) is 0 Å². The molecule has 2 atom stereocenters. The molecule has 2 aliphatic rings. The van der Waals surface area contributed by atoms with E-state index in [1.807, 2.05) is 24.3 Å². The summed E-state index contributed by atoms with van der Waals surface area (Å²) < 4.78 is 10.4. The minimum Gasteiger partial charge on any atom is -0.492 e. The molecule has 2 unspecified atom stereocenters. The van der Waals surface area contributed by atoms with Gasteiger partial charge in [0.1, 0.15) is 24.3 Å². The number of hydrogen-bond donors (Lipinski definition) is 0. The van der Waals surface area contributed by atoms with Crippen LogP contribution in [0.5, 0.6) is 5.75 Å². The molecule has 1 fully saturated rings. The number of benzene rings is 1. The smallest absolute Gasteiger partial charge is 0.328 e. The van der Waals surface area contributed by atoms with Crippen LogP contribution in [0.1, 0.15) is 30.7 Å². The molecular formula is C16H19NO4. The van der Waals surface area contributed by atoms with Crippen molar-refractivity contribution in [3.8, 4) is 5.75 Å². The monoisotopic (exact) mass is 289 g/mol. The third kappa shape index (κ3) is 2.48. The second kappa shape index (κ2) is 5.76. The van der Waals surface area contributed by atoms with Crippen LogP contribution in [0.2, 0.25) is 0 Å². The van der Waals surface area contributed by atoms with Crippen LogP contribution in [0.15, 0.2) is 24.3 Å². The fourth-order valence-electron chi connectivity index (χ4n) is 3.14. The Bertz CT molecular complexity index is 557. The minimum atomic E-state index is -0.455. The Kier molecular flexibility index (Phi) is 3.82. The highest BCUT2D eigenvalue weighted by atomic mass is 16.5. The number of carbonyl (C=O) groups excluding carboxylic acids is 2. The van der Waals surface area contributed by atoms with Crippen LogP contribution < -0.4 is 4.74 Å². The summed E-state index contributed by atoms with van der Waals surface area (Å²) in [6, 6.07) is 7.13. The van der Waals surface area contributed by atoms with Crippen LogP contribution in [0.4, 0.5) is 0 Å². The fraction of sp³-hybridized carbons (Fsp3) is 0.500. The van der Waals surface area contributed by atoms with Crippen molar-refractivity contribution in [2.75, 3.05) is 20.3 Å². The van der Waals surface area contributed by atoms with Gasteiger partial charge < -0.3 is 14.4 Å². The molecule has 1 aromatic carbocycles. The summed E-state index contributed by atoms with van der Waals surface area (Å²) in [6.45, 7) is 0.958. The van der Waals surface area contributed by atoms with Gasteiger partial charge in [-0.25, -0.2) is 4.79 Å². The van der Waals surface area contributed by atoms with Gasteiger partial charge in [0.25, 0.3) is 0 Å². The first-order valence-electron chi connectivity index (χ1n) is 7.32. The number of fused-ring (bicyclic) bond motifs is 1. The van der Waals surface area contributed by atoms with Gasteiger partial charge in [-0.1, -0.05) is 18.2 Å². The lowest BCUT2D eigenvalue weighted by Gasteiger charge is -2.35. The first kappa shape index (κ1) is 13.9. The number of likely N-dealkylation sites (tertiary alicyclic amines) is 1. The molecule has 2 heterocycles. The van der Waals surface area contributed by atoms with E-state index in [1.165, 1.54) is 7.11 Å². The Labute approximate surface area is 123 Å². The van der Waals surface area contributed by atoms with Crippen LogP contribution in [-0.4, -0.2) is 43.1 Å². The van der Waals surface area contributed by atoms with Gasteiger partial charge in [0, 0.05) is 12.1 Å². The van der Waals surface area contributed by atoms with E-state index in [4.69, 9.17) is 9.47 Å². The number of ether oxygens (including phenoxy) is 2. The molecule has 0 spiro atoms. The van der Waals surface area contributed by atoms with Crippen molar-refractivity contribution < 1.29 is 19.1 Å². The molecule has 1 aromatic rings. The van der Waals surface area contributed by atoms with E-state index in [0.717, 1.165) is 24.2 Å². The fourth-order valence-corrected chi connectivity index (χ4v) is 3.14. The van der Waals surface area contributed by atoms with Crippen molar-refractivity contribution in [3.05, 3.63) is 29.8 Å². The number of nitrogens with zero attached hydrogens (tertiary/aromatic N) is 1. The summed E-state index contributed by atoms with van der Waals surface area (Å²) in [7, 11) is 1.37. The van der Waals surface area contributed by atoms with E-state index in [2.05, 4.69) is 0 Å². The van der Waals surface area contributed by atoms with Crippen LogP contribution >= 0.6 is 0 Å². The van der Waals surface area contributed by atoms with Crippen molar-refractivity contribution in [2.45, 2.75) is 31.2 Å². The first-order valence-corrected chi connectivity index (χ1v) is 7.32. The summed E-state index contributed by atoms with van der Waals surface area (Å²) >= 11 is 0. The van der Waals surface area contributed by atoms with Crippen LogP contribution in [0.25, 0.3) is 0 Å². The Morgan fingerprint density at radius 2 is 2.10 bits per heavy atom. The molecule has 5 nitrogen and oxygen atoms in total. The maximum atomic E-state index is 12.8. The molecule has 0 radical (unpaired) electrons. The highest BCUT2D eigenvalue weighted by Crippen LogP contribution is 2.35. The summed E-state index contributed by atoms with van der Waals surface area (Å²) in [5.74, 6) is 0.0965. The lowest BCUT2D eigenvalue weighted by molar-refractivity contribution is -0.155. The second-order valence-corrected chi connectivity index (χ2v) is 5.47. The molecule has 1 saturated heterocycles. The molecular weight excluding hydrogens is 270 g/mol. The summed E-state index contributed by atoms with van der Waals surface area (Å²) in [4.78, 5) is 26.4. The topological polar surface area (TPSA) is 55.8 Å². The van der Waals surface area contributed by atoms with Crippen molar-refractivity contribution in [1.82, 2.24) is 4.90 Å². The Morgan fingerprint density at radius 3 is 2.90 bits per heavy atom. The van der Waals surface area contributed by atoms with Gasteiger partial charge in [0.05, 0.1) is 7.11 Å². The van der Waals surface area contributed by atoms with Crippen molar-refractivity contribution in [2.24, 2.45) is 0 Å². The highest BCUT2D eigenvalue weighted by molar-refractivity contribution is 5.90. The number of amides is 1. The molecule has 112 valence electrons. The minimum absolute atomic E-state index is 0.0324. The average Bonchev–Trinajstić information content (AvgIpc) is 2.97. The van der Waals surface area contributed by atoms with E-state index in [1.54, 1.807) is 4.90 Å². The third-order valence-electron chi connectivity index (χ3n) is 4.26. The zero-order valence-corrected chi connectivity index (χ0v) is 12.1. The van der Waals surface area contributed by atoms with Gasteiger partial charge in [-0.05, 0) is 25.3 Å². The second-order valence-electron chi connectivity index (χ2n) is 5.47. The number of hydrogen-bond acceptors (Lipinski definition) is 4. The average molecular weight is 289 g/mol. The molecule has 0 saturated carbocycles. The zero-order chi connectivity index (χ0) is 14.8. The summed E-state index contributed by atoms with van der Waals surface area (Å²) in [6.07, 6.45) is 2.55. The van der Waals surface area contributed by atoms with Crippen molar-refractivity contribution >= 4 is 11.9 Å². The molecule has 0 aliphatic carbocycles. The van der Waals surface area contributed by atoms with Crippen molar-refractivity contribution in [3.63, 3.8) is 0 Å². The summed E-state index contributed by atoms with van der Waals surface area (Å²) in [5, 5.41) is 0. The van der Waals surface area contributed by atoms with Crippen LogP contribution in [-0.2, 0) is 14.3 Å². The standard InChI is InChI=1S/C16H19NO4/c1-20-16(19)13-7-4-5-9-17(13)15(18)12-10-21-14-8-3-2-6-11(12)14/h2-3,6,8,12-13H,4-5,7,9-10H2,1H3. The van der Waals surface area contributed by atoms with E-state index in [9.17, 15) is 9.59 Å². The molecule has 5 heteroatoms.